The Morgan fingerprint density at radius 1 is 1.17 bits per heavy atom. The Kier molecular flexibility index (Phi) is 8.86. The molecule has 36 heavy (non-hydrogen) atoms. The average Bonchev–Trinajstić information content (AvgIpc) is 3.36. The van der Waals surface area contributed by atoms with Gasteiger partial charge in [-0.05, 0) is 75.4 Å². The van der Waals surface area contributed by atoms with Gasteiger partial charge in [-0.1, -0.05) is 12.8 Å². The summed E-state index contributed by atoms with van der Waals surface area (Å²) in [5.74, 6) is -0.713. The number of aromatic nitrogens is 1. The summed E-state index contributed by atoms with van der Waals surface area (Å²) in [6, 6.07) is 7.15. The average molecular weight is 528 g/mol. The Morgan fingerprint density at radius 3 is 2.36 bits per heavy atom. The number of ether oxygens (including phenoxy) is 1. The van der Waals surface area contributed by atoms with Crippen molar-refractivity contribution in [3.8, 4) is 0 Å². The molecule has 198 valence electrons. The zero-order valence-corrected chi connectivity index (χ0v) is 21.5. The number of rotatable bonds is 9. The predicted molar refractivity (Wildman–Crippen MR) is 132 cm³/mol. The number of nitrogens with zero attached hydrogens (tertiary/aromatic N) is 2. The normalized spacial score (nSPS) is 15.5. The first-order chi connectivity index (χ1) is 16.9. The van der Waals surface area contributed by atoms with Crippen molar-refractivity contribution in [2.24, 2.45) is 5.92 Å². The summed E-state index contributed by atoms with van der Waals surface area (Å²) in [6.45, 7) is 7.66. The summed E-state index contributed by atoms with van der Waals surface area (Å²) in [5, 5.41) is 2.22. The maximum absolute atomic E-state index is 13.0. The van der Waals surface area contributed by atoms with Crippen molar-refractivity contribution in [1.82, 2.24) is 4.98 Å². The quantitative estimate of drug-likeness (QED) is 0.441. The molecule has 3 rings (SSSR count). The number of halogens is 3. The van der Waals surface area contributed by atoms with Gasteiger partial charge in [-0.25, -0.2) is 18.2 Å². The molecule has 1 amide bonds. The van der Waals surface area contributed by atoms with Crippen LogP contribution in [0.5, 0.6) is 0 Å². The van der Waals surface area contributed by atoms with Gasteiger partial charge < -0.3 is 9.64 Å². The molecule has 7 nitrogen and oxygen atoms in total. The van der Waals surface area contributed by atoms with Crippen LogP contribution in [0.25, 0.3) is 0 Å². The molecular formula is C25H32F3N3O4S. The maximum atomic E-state index is 13.0. The van der Waals surface area contributed by atoms with E-state index in [4.69, 9.17) is 4.74 Å². The summed E-state index contributed by atoms with van der Waals surface area (Å²) in [5.41, 5.74) is 1.37. The molecule has 1 aliphatic carbocycles. The minimum Gasteiger partial charge on any atom is -0.445 e. The fraction of sp³-hybridized carbons (Fsp3) is 0.520. The molecule has 1 aromatic carbocycles. The second-order valence-electron chi connectivity index (χ2n) is 8.95. The van der Waals surface area contributed by atoms with E-state index in [1.165, 1.54) is 0 Å². The van der Waals surface area contributed by atoms with Crippen LogP contribution in [-0.2, 0) is 20.8 Å². The van der Waals surface area contributed by atoms with E-state index in [-0.39, 0.29) is 5.92 Å². The van der Waals surface area contributed by atoms with Gasteiger partial charge in [0.1, 0.15) is 6.10 Å². The second-order valence-corrected chi connectivity index (χ2v) is 10.9. The number of aryl methyl sites for hydroxylation is 1. The highest BCUT2D eigenvalue weighted by Gasteiger charge is 2.35. The number of carbonyl (C=O) groups excluding carboxylic acids is 1. The number of nitrogens with one attached hydrogen (secondary N) is 1. The topological polar surface area (TPSA) is 88.6 Å². The zero-order valence-electron chi connectivity index (χ0n) is 20.6. The molecule has 1 aliphatic rings. The molecule has 1 fully saturated rings. The SMILES string of the molecule is CCN(CC)c1ccc(NC(=O)OC(CS(=O)(=O)c2ccc(C(F)(F)F)cn2)C2CCCC2)c(C)c1. The van der Waals surface area contributed by atoms with Gasteiger partial charge in [0.05, 0.1) is 11.3 Å². The molecule has 1 atom stereocenters. The highest BCUT2D eigenvalue weighted by atomic mass is 32.2. The monoisotopic (exact) mass is 527 g/mol. The van der Waals surface area contributed by atoms with Gasteiger partial charge in [-0.15, -0.1) is 0 Å². The first-order valence-corrected chi connectivity index (χ1v) is 13.7. The van der Waals surface area contributed by atoms with Crippen molar-refractivity contribution in [2.45, 2.75) is 63.8 Å². The molecule has 1 saturated carbocycles. The number of hydrogen-bond acceptors (Lipinski definition) is 6. The highest BCUT2D eigenvalue weighted by Crippen LogP contribution is 2.32. The summed E-state index contributed by atoms with van der Waals surface area (Å²) in [4.78, 5) is 18.5. The third-order valence-corrected chi connectivity index (χ3v) is 8.17. The molecule has 0 radical (unpaired) electrons. The summed E-state index contributed by atoms with van der Waals surface area (Å²) >= 11 is 0. The molecule has 0 bridgehead atoms. The van der Waals surface area contributed by atoms with E-state index in [1.54, 1.807) is 6.07 Å². The van der Waals surface area contributed by atoms with E-state index in [1.807, 2.05) is 19.1 Å². The van der Waals surface area contributed by atoms with Crippen molar-refractivity contribution < 1.29 is 31.1 Å². The van der Waals surface area contributed by atoms with Crippen molar-refractivity contribution in [3.05, 3.63) is 47.7 Å². The van der Waals surface area contributed by atoms with Crippen LogP contribution in [0.1, 0.15) is 50.7 Å². The molecule has 1 unspecified atom stereocenters. The van der Waals surface area contributed by atoms with Crippen LogP contribution < -0.4 is 10.2 Å². The van der Waals surface area contributed by atoms with Gasteiger partial charge in [0.25, 0.3) is 0 Å². The molecule has 1 aromatic heterocycles. The minimum atomic E-state index is -4.62. The van der Waals surface area contributed by atoms with E-state index < -0.39 is 44.6 Å². The molecule has 0 saturated heterocycles. The molecule has 0 spiro atoms. The smallest absolute Gasteiger partial charge is 0.417 e. The van der Waals surface area contributed by atoms with Gasteiger partial charge >= 0.3 is 12.3 Å². The van der Waals surface area contributed by atoms with Crippen LogP contribution in [0.4, 0.5) is 29.3 Å². The maximum Gasteiger partial charge on any atom is 0.417 e. The number of benzene rings is 1. The fourth-order valence-corrected chi connectivity index (χ4v) is 5.91. The van der Waals surface area contributed by atoms with Gasteiger partial charge in [-0.3, -0.25) is 5.32 Å². The van der Waals surface area contributed by atoms with Crippen LogP contribution >= 0.6 is 0 Å². The Balaban J connectivity index is 1.74. The lowest BCUT2D eigenvalue weighted by atomic mass is 10.0. The highest BCUT2D eigenvalue weighted by molar-refractivity contribution is 7.91. The number of amides is 1. The Morgan fingerprint density at radius 2 is 1.83 bits per heavy atom. The number of carbonyl (C=O) groups is 1. The third kappa shape index (κ3) is 6.89. The van der Waals surface area contributed by atoms with Gasteiger partial charge in [0.2, 0.25) is 0 Å². The zero-order chi connectivity index (χ0) is 26.5. The van der Waals surface area contributed by atoms with Gasteiger partial charge in [-0.2, -0.15) is 13.2 Å². The molecule has 2 aromatic rings. The van der Waals surface area contributed by atoms with E-state index >= 15 is 0 Å². The third-order valence-electron chi connectivity index (χ3n) is 6.53. The Bertz CT molecular complexity index is 1140. The second kappa shape index (κ2) is 11.5. The first-order valence-electron chi connectivity index (χ1n) is 12.0. The van der Waals surface area contributed by atoms with Crippen LogP contribution in [0, 0.1) is 12.8 Å². The van der Waals surface area contributed by atoms with Crippen molar-refractivity contribution in [3.63, 3.8) is 0 Å². The number of hydrogen-bond donors (Lipinski definition) is 1. The lowest BCUT2D eigenvalue weighted by Crippen LogP contribution is -2.34. The largest absolute Gasteiger partial charge is 0.445 e. The van der Waals surface area contributed by atoms with Crippen molar-refractivity contribution >= 4 is 27.3 Å². The molecule has 11 heteroatoms. The molecular weight excluding hydrogens is 495 g/mol. The summed E-state index contributed by atoms with van der Waals surface area (Å²) in [7, 11) is -4.10. The number of pyridine rings is 1. The number of sulfone groups is 1. The molecule has 1 heterocycles. The number of anilines is 2. The standard InChI is InChI=1S/C25H32F3N3O4S/c1-4-31(5-2)20-11-12-21(17(3)14-20)30-24(32)35-22(18-8-6-7-9-18)16-36(33,34)23-13-10-19(15-29-23)25(26,27)28/h10-15,18,22H,4-9,16H2,1-3H3,(H,30,32). The predicted octanol–water partition coefficient (Wildman–Crippen LogP) is 5.84. The first kappa shape index (κ1) is 27.8. The fourth-order valence-electron chi connectivity index (χ4n) is 4.48. The number of alkyl halides is 3. The molecule has 1 N–H and O–H groups in total. The molecule has 0 aliphatic heterocycles. The van der Waals surface area contributed by atoms with E-state index in [2.05, 4.69) is 29.0 Å². The van der Waals surface area contributed by atoms with Crippen molar-refractivity contribution in [1.29, 1.82) is 0 Å². The minimum absolute atomic E-state index is 0.161. The van der Waals surface area contributed by atoms with Gasteiger partial charge in [0, 0.05) is 30.7 Å². The van der Waals surface area contributed by atoms with E-state index in [0.717, 1.165) is 43.2 Å². The summed E-state index contributed by atoms with van der Waals surface area (Å²) < 4.78 is 70.0. The van der Waals surface area contributed by atoms with Crippen LogP contribution in [0.3, 0.4) is 0 Å². The van der Waals surface area contributed by atoms with E-state index in [0.29, 0.717) is 30.8 Å². The van der Waals surface area contributed by atoms with Crippen LogP contribution in [0.2, 0.25) is 0 Å². The lowest BCUT2D eigenvalue weighted by Gasteiger charge is -2.24. The van der Waals surface area contributed by atoms with Crippen LogP contribution in [-0.4, -0.2) is 44.4 Å². The van der Waals surface area contributed by atoms with E-state index in [9.17, 15) is 26.4 Å². The van der Waals surface area contributed by atoms with Crippen LogP contribution in [0.15, 0.2) is 41.6 Å². The van der Waals surface area contributed by atoms with Gasteiger partial charge in [0.15, 0.2) is 14.9 Å². The summed E-state index contributed by atoms with van der Waals surface area (Å²) in [6.07, 6.45) is -2.68. The lowest BCUT2D eigenvalue weighted by molar-refractivity contribution is -0.137. The Labute approximate surface area is 210 Å². The Hall–Kier alpha value is -2.82. The van der Waals surface area contributed by atoms with Crippen molar-refractivity contribution in [2.75, 3.05) is 29.1 Å².